The van der Waals surface area contributed by atoms with Crippen molar-refractivity contribution in [1.82, 2.24) is 47.8 Å². The summed E-state index contributed by atoms with van der Waals surface area (Å²) >= 11 is 0. The molecular weight excluding hydrogens is 1610 g/mol. The van der Waals surface area contributed by atoms with E-state index in [-0.39, 0.29) is 0 Å². The van der Waals surface area contributed by atoms with E-state index >= 15 is 0 Å². The molecule has 11 aromatic carbocycles. The van der Waals surface area contributed by atoms with Gasteiger partial charge in [-0.15, -0.1) is 0 Å². The Morgan fingerprint density at radius 1 is 0.262 bits per heavy atom. The maximum Gasteiger partial charge on any atom is 0.297 e. The summed E-state index contributed by atoms with van der Waals surface area (Å²) in [5.41, 5.74) is 34.7. The van der Waals surface area contributed by atoms with Crippen LogP contribution in [0.25, 0.3) is 173 Å². The largest absolute Gasteiger partial charge is 0.443 e. The van der Waals surface area contributed by atoms with Gasteiger partial charge >= 0.3 is 0 Å². The molecule has 130 heavy (non-hydrogen) atoms. The van der Waals surface area contributed by atoms with Crippen molar-refractivity contribution in [3.05, 3.63) is 272 Å². The molecule has 4 aliphatic rings. The second kappa shape index (κ2) is 35.3. The Labute approximate surface area is 756 Å². The number of nitrogens with zero attached hydrogens (tertiary/aromatic N) is 15. The van der Waals surface area contributed by atoms with Crippen LogP contribution in [0.1, 0.15) is 155 Å². The molecule has 4 fully saturated rings. The van der Waals surface area contributed by atoms with Crippen LogP contribution in [-0.4, -0.2) is 47.8 Å². The molecule has 0 unspecified atom stereocenters. The van der Waals surface area contributed by atoms with Crippen LogP contribution in [0.2, 0.25) is 0 Å². The first-order chi connectivity index (χ1) is 63.7. The van der Waals surface area contributed by atoms with Gasteiger partial charge in [-0.25, -0.2) is 66.0 Å². The lowest BCUT2D eigenvalue weighted by Gasteiger charge is -2.21. The second-order valence-corrected chi connectivity index (χ2v) is 36.7. The predicted octanol–water partition coefficient (Wildman–Crippen LogP) is 24.3. The van der Waals surface area contributed by atoms with Crippen molar-refractivity contribution in [3.63, 3.8) is 0 Å². The summed E-state index contributed by atoms with van der Waals surface area (Å²) in [6.07, 6.45) is 31.5. The van der Waals surface area contributed by atoms with E-state index in [0.717, 1.165) is 103 Å². The van der Waals surface area contributed by atoms with Gasteiger partial charge in [0, 0.05) is 0 Å². The molecule has 20 nitrogen and oxygen atoms in total. The minimum atomic E-state index is 0.548. The second-order valence-electron chi connectivity index (χ2n) is 36.7. The van der Waals surface area contributed by atoms with Crippen molar-refractivity contribution < 1.29 is 44.9 Å². The molecular formula is C110H114N15O5+5. The summed E-state index contributed by atoms with van der Waals surface area (Å²) in [7, 11) is 10.8. The number of fused-ring (bicyclic) bond motifs is 10. The van der Waals surface area contributed by atoms with Gasteiger partial charge in [0.05, 0.1) is 76.1 Å². The summed E-state index contributed by atoms with van der Waals surface area (Å²) in [6, 6.07) is 75.6. The van der Waals surface area contributed by atoms with Crippen LogP contribution >= 0.6 is 0 Å². The number of aryl methyl sites for hydroxylation is 10. The lowest BCUT2D eigenvalue weighted by molar-refractivity contribution is -0.634. The zero-order chi connectivity index (χ0) is 88.4. The van der Waals surface area contributed by atoms with Crippen molar-refractivity contribution in [2.75, 3.05) is 0 Å². The maximum atomic E-state index is 5.61. The third kappa shape index (κ3) is 14.8. The van der Waals surface area contributed by atoms with E-state index < -0.39 is 0 Å². The number of hydrogen-bond donors (Lipinski definition) is 0. The van der Waals surface area contributed by atoms with Gasteiger partial charge in [0.2, 0.25) is 0 Å². The number of hydrogen-bond acceptors (Lipinski definition) is 10. The molecule has 0 atom stereocenters. The predicted molar refractivity (Wildman–Crippen MR) is 514 cm³/mol. The van der Waals surface area contributed by atoms with Crippen molar-refractivity contribution in [2.24, 2.45) is 47.1 Å². The minimum Gasteiger partial charge on any atom is -0.443 e. The highest BCUT2D eigenvalue weighted by atomic mass is 16.3. The maximum absolute atomic E-state index is 5.61. The highest BCUT2D eigenvalue weighted by Gasteiger charge is 2.39. The van der Waals surface area contributed by atoms with Crippen LogP contribution in [0.15, 0.2) is 266 Å². The third-order valence-corrected chi connectivity index (χ3v) is 28.7. The van der Waals surface area contributed by atoms with E-state index in [2.05, 4.69) is 316 Å². The Morgan fingerprint density at radius 2 is 0.515 bits per heavy atom. The van der Waals surface area contributed by atoms with Gasteiger partial charge in [0.1, 0.15) is 45.4 Å². The lowest BCUT2D eigenvalue weighted by Crippen LogP contribution is -2.31. The first kappa shape index (κ1) is 83.1. The first-order valence-corrected chi connectivity index (χ1v) is 46.9. The topological polar surface area (TPSA) is 174 Å². The fraction of sp³-hybridized carbons (Fsp3) is 0.309. The van der Waals surface area contributed by atoms with Crippen LogP contribution < -0.4 is 22.8 Å². The normalized spacial score (nSPS) is 14.8. The van der Waals surface area contributed by atoms with E-state index in [1.165, 1.54) is 245 Å². The number of oxazole rings is 5. The zero-order valence-electron chi connectivity index (χ0n) is 76.3. The van der Waals surface area contributed by atoms with Gasteiger partial charge in [-0.3, -0.25) is 0 Å². The average Bonchev–Trinajstić information content (AvgIpc) is 1.61. The molecule has 10 aromatic heterocycles. The molecule has 0 spiro atoms. The van der Waals surface area contributed by atoms with Crippen molar-refractivity contribution >= 4 is 111 Å². The molecule has 0 N–H and O–H groups in total. The van der Waals surface area contributed by atoms with Gasteiger partial charge in [0.25, 0.3) is 29.1 Å². The molecule has 21 aromatic rings. The first-order valence-electron chi connectivity index (χ1n) is 46.9. The summed E-state index contributed by atoms with van der Waals surface area (Å²) in [5.74, 6) is 7.56. The molecule has 0 amide bonds. The van der Waals surface area contributed by atoms with Crippen molar-refractivity contribution in [1.29, 1.82) is 0 Å². The quantitative estimate of drug-likeness (QED) is 0.107. The Balaban J connectivity index is 0.0000000984. The van der Waals surface area contributed by atoms with E-state index in [4.69, 9.17) is 22.1 Å². The summed E-state index contributed by atoms with van der Waals surface area (Å²) in [5, 5.41) is 0. The zero-order valence-corrected chi connectivity index (χ0v) is 76.3. The smallest absolute Gasteiger partial charge is 0.297 e. The molecule has 4 saturated carbocycles. The summed E-state index contributed by atoms with van der Waals surface area (Å²) in [6.45, 7) is 12.9. The number of benzene rings is 11. The highest BCUT2D eigenvalue weighted by molar-refractivity contribution is 5.97. The van der Waals surface area contributed by atoms with Crippen molar-refractivity contribution in [3.8, 4) is 62.6 Å². The van der Waals surface area contributed by atoms with E-state index in [9.17, 15) is 0 Å². The Morgan fingerprint density at radius 3 is 0.869 bits per heavy atom. The molecule has 20 heteroatoms. The van der Waals surface area contributed by atoms with Gasteiger partial charge < -0.3 is 22.1 Å². The highest BCUT2D eigenvalue weighted by Crippen LogP contribution is 2.44. The molecule has 0 bridgehead atoms. The van der Waals surface area contributed by atoms with Gasteiger partial charge in [-0.05, 0) is 254 Å². The molecule has 0 saturated heterocycles. The number of imidazole rings is 5. The molecule has 0 aliphatic heterocycles. The average molecular weight is 1730 g/mol. The molecule has 10 heterocycles. The Bertz CT molecular complexity index is 7760. The van der Waals surface area contributed by atoms with Crippen LogP contribution in [0.3, 0.4) is 0 Å². The molecule has 0 radical (unpaired) electrons. The molecule has 25 rings (SSSR count). The van der Waals surface area contributed by atoms with Gasteiger partial charge in [-0.1, -0.05) is 148 Å². The standard InChI is InChI=1S/C23H26N3O.2C22H24N3O.C22H18N3O.C21H22N3O/c1-16-12-13-20-22(24-15-27-20)21(16)23-25(2)18-10-6-7-11-19(18)26(23)14-17-8-4-3-5-9-17;1-15-11-12-19-21(23-14-26-19)20(15)22-24(2)17-9-5-6-10-18(17)25(22)13-16-7-3-4-8-16;2*1-15-12-13-19-21(23-14-26-19)20(15)22-24(2)17-10-6-7-11-18(17)25(22)16-8-4-3-5-9-16;1-14-11-12-18-20(22-13-25-18)19(14)21-23(2)16-9-5-6-10-17(16)24(21)15-7-3-4-8-15/h6-7,10-13,15,17H,3-5,8-9,14H2,1-2H3;5-6,9-12,14,16H,3-4,7-8,13H2,1-2H3;6-7,10-14,16H,3-5,8-9H2,1-2H3;3-14H,1-2H3;5-6,9-13,15H,3-4,7-8H2,1-2H3/q5*+1. The van der Waals surface area contributed by atoms with Gasteiger partial charge in [0.15, 0.2) is 115 Å². The summed E-state index contributed by atoms with van der Waals surface area (Å²) in [4.78, 5) is 22.7. The number of rotatable bonds is 12. The van der Waals surface area contributed by atoms with Crippen LogP contribution in [0, 0.1) is 46.5 Å². The number of para-hydroxylation sites is 11. The molecule has 4 aliphatic carbocycles. The van der Waals surface area contributed by atoms with E-state index in [0.29, 0.717) is 12.1 Å². The summed E-state index contributed by atoms with van der Waals surface area (Å²) < 4.78 is 52.0. The fourth-order valence-electron chi connectivity index (χ4n) is 22.3. The van der Waals surface area contributed by atoms with E-state index in [1.807, 2.05) is 36.4 Å². The Hall–Kier alpha value is -13.9. The van der Waals surface area contributed by atoms with E-state index in [1.54, 1.807) is 25.6 Å². The van der Waals surface area contributed by atoms with Crippen LogP contribution in [-0.2, 0) is 48.3 Å². The van der Waals surface area contributed by atoms with Crippen molar-refractivity contribution in [2.45, 2.75) is 175 Å². The molecule has 654 valence electrons. The monoisotopic (exact) mass is 1720 g/mol. The minimum absolute atomic E-state index is 0.548. The lowest BCUT2D eigenvalue weighted by atomic mass is 9.89. The third-order valence-electron chi connectivity index (χ3n) is 28.7. The van der Waals surface area contributed by atoms with Crippen LogP contribution in [0.4, 0.5) is 0 Å². The SMILES string of the molecule is Cc1ccc2ocnc2c1-c1n(-c2ccccc2)c2ccccc2[n+]1C.Cc1ccc2ocnc2c1-c1n(C2CCCC2)c2ccccc2[n+]1C.Cc1ccc2ocnc2c1-c1n(C2CCCCC2)c2ccccc2[n+]1C.Cc1ccc2ocnc2c1-c1n(CC2CCCC2)c2ccccc2[n+]1C.Cc1ccc2ocnc2c1-c1n(CC2CCCCC2)c2ccccc2[n+]1C. The van der Waals surface area contributed by atoms with Gasteiger partial charge in [-0.2, -0.15) is 4.57 Å². The van der Waals surface area contributed by atoms with Crippen LogP contribution in [0.5, 0.6) is 0 Å². The fourth-order valence-corrected chi connectivity index (χ4v) is 22.3. The number of aromatic nitrogens is 15. The Kier molecular flexibility index (Phi) is 22.5.